The first kappa shape index (κ1) is 14.8. The molecule has 2 fully saturated rings. The lowest BCUT2D eigenvalue weighted by Crippen LogP contribution is -2.52. The molecule has 0 aromatic heterocycles. The Morgan fingerprint density at radius 3 is 2.16 bits per heavy atom. The number of ether oxygens (including phenoxy) is 1. The molecule has 0 bridgehead atoms. The number of hydrogen-bond acceptors (Lipinski definition) is 3. The van der Waals surface area contributed by atoms with Crippen LogP contribution in [0.15, 0.2) is 0 Å². The predicted octanol–water partition coefficient (Wildman–Crippen LogP) is 1.92. The molecule has 1 unspecified atom stereocenters. The summed E-state index contributed by atoms with van der Waals surface area (Å²) in [4.78, 5) is 14.6. The Labute approximate surface area is 116 Å². The third kappa shape index (κ3) is 3.69. The zero-order chi connectivity index (χ0) is 13.8. The standard InChI is InChI=1S/C15H28N2O2/c1-3-11-4-6-12(7-5-11)17(13-8-9-13)15(18)14(16)10-19-2/h11-14H,3-10,16H2,1-2H3. The van der Waals surface area contributed by atoms with Gasteiger partial charge in [-0.25, -0.2) is 0 Å². The molecule has 2 saturated carbocycles. The summed E-state index contributed by atoms with van der Waals surface area (Å²) in [5.74, 6) is 0.962. The van der Waals surface area contributed by atoms with E-state index in [2.05, 4.69) is 11.8 Å². The lowest BCUT2D eigenvalue weighted by molar-refractivity contribution is -0.137. The molecular formula is C15H28N2O2. The van der Waals surface area contributed by atoms with Crippen molar-refractivity contribution in [2.75, 3.05) is 13.7 Å². The van der Waals surface area contributed by atoms with Gasteiger partial charge in [0.1, 0.15) is 6.04 Å². The number of carbonyl (C=O) groups excluding carboxylic acids is 1. The van der Waals surface area contributed by atoms with Crippen LogP contribution in [0.25, 0.3) is 0 Å². The smallest absolute Gasteiger partial charge is 0.242 e. The molecule has 0 aromatic rings. The van der Waals surface area contributed by atoms with Gasteiger partial charge in [0.05, 0.1) is 6.61 Å². The summed E-state index contributed by atoms with van der Waals surface area (Å²) in [6.07, 6.45) is 8.40. The Kier molecular flexibility index (Phi) is 5.22. The van der Waals surface area contributed by atoms with Crippen LogP contribution >= 0.6 is 0 Å². The van der Waals surface area contributed by atoms with Crippen LogP contribution in [-0.2, 0) is 9.53 Å². The van der Waals surface area contributed by atoms with Gasteiger partial charge >= 0.3 is 0 Å². The first-order valence-corrected chi connectivity index (χ1v) is 7.74. The van der Waals surface area contributed by atoms with E-state index >= 15 is 0 Å². The number of rotatable bonds is 6. The van der Waals surface area contributed by atoms with E-state index in [1.165, 1.54) is 19.3 Å². The molecule has 0 heterocycles. The molecule has 110 valence electrons. The van der Waals surface area contributed by atoms with Crippen molar-refractivity contribution in [1.82, 2.24) is 4.90 Å². The fourth-order valence-corrected chi connectivity index (χ4v) is 3.28. The molecule has 2 rings (SSSR count). The summed E-state index contributed by atoms with van der Waals surface area (Å²) in [6.45, 7) is 2.59. The average Bonchev–Trinajstić information content (AvgIpc) is 3.24. The minimum Gasteiger partial charge on any atom is -0.383 e. The number of carbonyl (C=O) groups is 1. The highest BCUT2D eigenvalue weighted by atomic mass is 16.5. The molecule has 0 aromatic carbocycles. The fraction of sp³-hybridized carbons (Fsp3) is 0.933. The highest BCUT2D eigenvalue weighted by molar-refractivity contribution is 5.82. The average molecular weight is 268 g/mol. The monoisotopic (exact) mass is 268 g/mol. The van der Waals surface area contributed by atoms with Gasteiger partial charge in [0.15, 0.2) is 0 Å². The predicted molar refractivity (Wildman–Crippen MR) is 75.8 cm³/mol. The van der Waals surface area contributed by atoms with Crippen LogP contribution in [-0.4, -0.2) is 42.6 Å². The summed E-state index contributed by atoms with van der Waals surface area (Å²) in [5.41, 5.74) is 5.94. The second-order valence-corrected chi connectivity index (χ2v) is 6.12. The van der Waals surface area contributed by atoms with Crippen LogP contribution < -0.4 is 5.73 Å². The van der Waals surface area contributed by atoms with Gasteiger partial charge in [-0.15, -0.1) is 0 Å². The van der Waals surface area contributed by atoms with Crippen molar-refractivity contribution < 1.29 is 9.53 Å². The zero-order valence-electron chi connectivity index (χ0n) is 12.3. The maximum atomic E-state index is 12.5. The van der Waals surface area contributed by atoms with E-state index in [1.54, 1.807) is 7.11 Å². The van der Waals surface area contributed by atoms with Crippen molar-refractivity contribution in [3.05, 3.63) is 0 Å². The molecule has 2 aliphatic carbocycles. The second-order valence-electron chi connectivity index (χ2n) is 6.12. The van der Waals surface area contributed by atoms with E-state index in [9.17, 15) is 4.79 Å². The number of amides is 1. The quantitative estimate of drug-likeness (QED) is 0.800. The second kappa shape index (κ2) is 6.71. The Morgan fingerprint density at radius 2 is 1.74 bits per heavy atom. The summed E-state index contributed by atoms with van der Waals surface area (Å²) in [7, 11) is 1.60. The first-order valence-electron chi connectivity index (χ1n) is 7.74. The molecular weight excluding hydrogens is 240 g/mol. The minimum absolute atomic E-state index is 0.101. The van der Waals surface area contributed by atoms with Crippen LogP contribution in [0.4, 0.5) is 0 Å². The lowest BCUT2D eigenvalue weighted by Gasteiger charge is -2.38. The molecule has 4 heteroatoms. The topological polar surface area (TPSA) is 55.6 Å². The summed E-state index contributed by atoms with van der Waals surface area (Å²) < 4.78 is 5.02. The molecule has 2 N–H and O–H groups in total. The first-order chi connectivity index (χ1) is 9.17. The van der Waals surface area contributed by atoms with E-state index in [1.807, 2.05) is 0 Å². The Hall–Kier alpha value is -0.610. The van der Waals surface area contributed by atoms with Crippen LogP contribution in [0.3, 0.4) is 0 Å². The number of methoxy groups -OCH3 is 1. The molecule has 1 amide bonds. The van der Waals surface area contributed by atoms with Crippen LogP contribution in [0, 0.1) is 5.92 Å². The van der Waals surface area contributed by atoms with Gasteiger partial charge in [-0.3, -0.25) is 4.79 Å². The molecule has 0 radical (unpaired) electrons. The van der Waals surface area contributed by atoms with Gasteiger partial charge in [0.2, 0.25) is 5.91 Å². The molecule has 2 aliphatic rings. The van der Waals surface area contributed by atoms with Crippen molar-refractivity contribution in [2.45, 2.75) is 70.0 Å². The molecule has 19 heavy (non-hydrogen) atoms. The Balaban J connectivity index is 1.94. The van der Waals surface area contributed by atoms with E-state index in [-0.39, 0.29) is 5.91 Å². The van der Waals surface area contributed by atoms with Crippen molar-refractivity contribution in [1.29, 1.82) is 0 Å². The summed E-state index contributed by atoms with van der Waals surface area (Å²) in [6, 6.07) is 0.388. The summed E-state index contributed by atoms with van der Waals surface area (Å²) in [5, 5.41) is 0. The van der Waals surface area contributed by atoms with Gasteiger partial charge in [0.25, 0.3) is 0 Å². The molecule has 0 aliphatic heterocycles. The maximum absolute atomic E-state index is 12.5. The lowest BCUT2D eigenvalue weighted by atomic mass is 9.83. The van der Waals surface area contributed by atoms with E-state index < -0.39 is 6.04 Å². The van der Waals surface area contributed by atoms with Gasteiger partial charge < -0.3 is 15.4 Å². The van der Waals surface area contributed by atoms with E-state index in [4.69, 9.17) is 10.5 Å². The zero-order valence-corrected chi connectivity index (χ0v) is 12.3. The van der Waals surface area contributed by atoms with Crippen molar-refractivity contribution >= 4 is 5.91 Å². The van der Waals surface area contributed by atoms with Gasteiger partial charge in [-0.1, -0.05) is 13.3 Å². The molecule has 0 saturated heterocycles. The molecule has 4 nitrogen and oxygen atoms in total. The van der Waals surface area contributed by atoms with E-state index in [0.29, 0.717) is 18.7 Å². The largest absolute Gasteiger partial charge is 0.383 e. The third-order valence-corrected chi connectivity index (χ3v) is 4.65. The fourth-order valence-electron chi connectivity index (χ4n) is 3.28. The minimum atomic E-state index is -0.491. The highest BCUT2D eigenvalue weighted by Gasteiger charge is 2.40. The number of nitrogens with two attached hydrogens (primary N) is 1. The van der Waals surface area contributed by atoms with Gasteiger partial charge in [0, 0.05) is 19.2 Å². The van der Waals surface area contributed by atoms with Crippen LogP contribution in [0.5, 0.6) is 0 Å². The Bertz CT molecular complexity index is 297. The number of nitrogens with zero attached hydrogens (tertiary/aromatic N) is 1. The maximum Gasteiger partial charge on any atom is 0.242 e. The van der Waals surface area contributed by atoms with Crippen molar-refractivity contribution in [3.63, 3.8) is 0 Å². The van der Waals surface area contributed by atoms with E-state index in [0.717, 1.165) is 31.6 Å². The number of hydrogen-bond donors (Lipinski definition) is 1. The third-order valence-electron chi connectivity index (χ3n) is 4.65. The Morgan fingerprint density at radius 1 is 1.21 bits per heavy atom. The van der Waals surface area contributed by atoms with Gasteiger partial charge in [-0.2, -0.15) is 0 Å². The SMILES string of the molecule is CCC1CCC(N(C(=O)C(N)COC)C2CC2)CC1. The van der Waals surface area contributed by atoms with Crippen molar-refractivity contribution in [3.8, 4) is 0 Å². The molecule has 0 spiro atoms. The van der Waals surface area contributed by atoms with Crippen LogP contribution in [0.1, 0.15) is 51.9 Å². The van der Waals surface area contributed by atoms with Gasteiger partial charge in [-0.05, 0) is 44.4 Å². The summed E-state index contributed by atoms with van der Waals surface area (Å²) >= 11 is 0. The normalized spacial score (nSPS) is 29.0. The molecule has 1 atom stereocenters. The van der Waals surface area contributed by atoms with Crippen molar-refractivity contribution in [2.24, 2.45) is 11.7 Å². The van der Waals surface area contributed by atoms with Crippen LogP contribution in [0.2, 0.25) is 0 Å². The highest BCUT2D eigenvalue weighted by Crippen LogP contribution is 2.36.